The first-order valence-electron chi connectivity index (χ1n) is 6.09. The molecule has 0 radical (unpaired) electrons. The van der Waals surface area contributed by atoms with Gasteiger partial charge < -0.3 is 4.79 Å². The van der Waals surface area contributed by atoms with Crippen molar-refractivity contribution in [1.29, 1.82) is 0 Å². The smallest absolute Gasteiger partial charge is 0.120 e. The van der Waals surface area contributed by atoms with Crippen LogP contribution in [-0.2, 0) is 16.6 Å². The maximum absolute atomic E-state index is 10.6. The second kappa shape index (κ2) is 4.04. The third-order valence-corrected chi connectivity index (χ3v) is 3.59. The molecule has 0 spiro atoms. The molecule has 0 bridgehead atoms. The number of benzene rings is 1. The van der Waals surface area contributed by atoms with E-state index >= 15 is 0 Å². The molecule has 0 saturated carbocycles. The van der Waals surface area contributed by atoms with Crippen molar-refractivity contribution in [2.45, 2.75) is 51.4 Å². The van der Waals surface area contributed by atoms with E-state index < -0.39 is 0 Å². The summed E-state index contributed by atoms with van der Waals surface area (Å²) >= 11 is 0. The molecule has 1 heteroatoms. The molecule has 0 fully saturated rings. The van der Waals surface area contributed by atoms with Gasteiger partial charge in [0.1, 0.15) is 6.29 Å². The van der Waals surface area contributed by atoms with E-state index in [2.05, 4.69) is 39.0 Å². The number of fused-ring (bicyclic) bond motifs is 1. The van der Waals surface area contributed by atoms with E-state index in [1.807, 2.05) is 0 Å². The highest BCUT2D eigenvalue weighted by Gasteiger charge is 2.24. The van der Waals surface area contributed by atoms with Gasteiger partial charge in [0.05, 0.1) is 0 Å². The highest BCUT2D eigenvalue weighted by atomic mass is 16.1. The van der Waals surface area contributed by atoms with Gasteiger partial charge in [-0.05, 0) is 40.9 Å². The van der Waals surface area contributed by atoms with Crippen LogP contribution in [0.4, 0.5) is 0 Å². The zero-order valence-corrected chi connectivity index (χ0v) is 10.4. The summed E-state index contributed by atoms with van der Waals surface area (Å²) < 4.78 is 0. The zero-order chi connectivity index (χ0) is 11.8. The molecular formula is C15H20O. The Bertz CT molecular complexity index is 398. The first-order valence-corrected chi connectivity index (χ1v) is 6.09. The number of aryl methyl sites for hydroxylation is 1. The highest BCUT2D eigenvalue weighted by Crippen LogP contribution is 2.37. The predicted molar refractivity (Wildman–Crippen MR) is 66.9 cm³/mol. The fraction of sp³-hybridized carbons (Fsp3) is 0.533. The number of rotatable bonds is 2. The second-order valence-electron chi connectivity index (χ2n) is 5.80. The molecule has 0 heterocycles. The van der Waals surface area contributed by atoms with Crippen LogP contribution < -0.4 is 0 Å². The molecule has 1 aliphatic carbocycles. The van der Waals surface area contributed by atoms with Crippen LogP contribution in [0.3, 0.4) is 0 Å². The fourth-order valence-corrected chi connectivity index (χ4v) is 2.53. The molecule has 16 heavy (non-hydrogen) atoms. The molecule has 1 atom stereocenters. The maximum atomic E-state index is 10.6. The minimum absolute atomic E-state index is 0.220. The Morgan fingerprint density at radius 3 is 2.75 bits per heavy atom. The van der Waals surface area contributed by atoms with Crippen LogP contribution in [0.2, 0.25) is 0 Å². The van der Waals surface area contributed by atoms with Gasteiger partial charge in [-0.15, -0.1) is 0 Å². The topological polar surface area (TPSA) is 17.1 Å². The quantitative estimate of drug-likeness (QED) is 0.690. The molecule has 0 aromatic heterocycles. The Morgan fingerprint density at radius 1 is 1.38 bits per heavy atom. The van der Waals surface area contributed by atoms with E-state index in [4.69, 9.17) is 0 Å². The molecule has 0 unspecified atom stereocenters. The van der Waals surface area contributed by atoms with Gasteiger partial charge in [0.2, 0.25) is 0 Å². The molecule has 0 amide bonds. The average Bonchev–Trinajstić information content (AvgIpc) is 2.60. The number of hydrogen-bond acceptors (Lipinski definition) is 1. The van der Waals surface area contributed by atoms with Crippen molar-refractivity contribution in [2.24, 2.45) is 0 Å². The summed E-state index contributed by atoms with van der Waals surface area (Å²) in [5.74, 6) is 0.474. The summed E-state index contributed by atoms with van der Waals surface area (Å²) in [7, 11) is 0. The summed E-state index contributed by atoms with van der Waals surface area (Å²) in [5, 5.41) is 0. The predicted octanol–water partition coefficient (Wildman–Crippen LogP) is 3.60. The van der Waals surface area contributed by atoms with Gasteiger partial charge >= 0.3 is 0 Å². The van der Waals surface area contributed by atoms with Crippen molar-refractivity contribution in [3.63, 3.8) is 0 Å². The number of carbonyl (C=O) groups excluding carboxylic acids is 1. The molecule has 2 rings (SSSR count). The first-order chi connectivity index (χ1) is 7.52. The van der Waals surface area contributed by atoms with E-state index in [9.17, 15) is 4.79 Å². The molecule has 0 aliphatic heterocycles. The van der Waals surface area contributed by atoms with Gasteiger partial charge in [-0.2, -0.15) is 0 Å². The van der Waals surface area contributed by atoms with Crippen LogP contribution in [0.5, 0.6) is 0 Å². The minimum atomic E-state index is 0.220. The standard InChI is InChI=1S/C15H20O/c1-15(2,3)13-6-7-14-11(8-9-16)4-5-12(14)10-13/h6-7,9-11H,4-5,8H2,1-3H3/t11-/m0/s1. The van der Waals surface area contributed by atoms with Gasteiger partial charge in [-0.3, -0.25) is 0 Å². The SMILES string of the molecule is CC(C)(C)c1ccc2c(c1)CC[C@H]2CC=O. The monoisotopic (exact) mass is 216 g/mol. The lowest BCUT2D eigenvalue weighted by atomic mass is 9.85. The van der Waals surface area contributed by atoms with Crippen molar-refractivity contribution < 1.29 is 4.79 Å². The van der Waals surface area contributed by atoms with Gasteiger partial charge in [0.15, 0.2) is 0 Å². The second-order valence-corrected chi connectivity index (χ2v) is 5.80. The summed E-state index contributed by atoms with van der Waals surface area (Å²) in [4.78, 5) is 10.6. The van der Waals surface area contributed by atoms with Crippen molar-refractivity contribution in [2.75, 3.05) is 0 Å². The molecule has 86 valence electrons. The van der Waals surface area contributed by atoms with E-state index in [1.165, 1.54) is 16.7 Å². The molecule has 0 saturated heterocycles. The van der Waals surface area contributed by atoms with Crippen molar-refractivity contribution in [3.8, 4) is 0 Å². The third kappa shape index (κ3) is 2.04. The fourth-order valence-electron chi connectivity index (χ4n) is 2.53. The van der Waals surface area contributed by atoms with E-state index in [0.717, 1.165) is 19.1 Å². The molecule has 1 aromatic carbocycles. The van der Waals surface area contributed by atoms with Crippen LogP contribution in [0.25, 0.3) is 0 Å². The van der Waals surface area contributed by atoms with Crippen LogP contribution in [0, 0.1) is 0 Å². The summed E-state index contributed by atoms with van der Waals surface area (Å²) in [6, 6.07) is 6.79. The summed E-state index contributed by atoms with van der Waals surface area (Å²) in [6.45, 7) is 6.73. The molecule has 0 N–H and O–H groups in total. The normalized spacial score (nSPS) is 19.6. The molecular weight excluding hydrogens is 196 g/mol. The molecule has 1 aliphatic rings. The Morgan fingerprint density at radius 2 is 2.12 bits per heavy atom. The molecule has 1 aromatic rings. The number of aldehydes is 1. The summed E-state index contributed by atoms with van der Waals surface area (Å²) in [6.07, 6.45) is 4.01. The van der Waals surface area contributed by atoms with Gasteiger partial charge in [-0.1, -0.05) is 39.0 Å². The zero-order valence-electron chi connectivity index (χ0n) is 10.4. The van der Waals surface area contributed by atoms with E-state index in [1.54, 1.807) is 0 Å². The van der Waals surface area contributed by atoms with Crippen LogP contribution in [0.1, 0.15) is 56.2 Å². The lowest BCUT2D eigenvalue weighted by Gasteiger charge is -2.20. The third-order valence-electron chi connectivity index (χ3n) is 3.59. The lowest BCUT2D eigenvalue weighted by Crippen LogP contribution is -2.11. The Hall–Kier alpha value is -1.11. The maximum Gasteiger partial charge on any atom is 0.120 e. The summed E-state index contributed by atoms with van der Waals surface area (Å²) in [5.41, 5.74) is 4.48. The van der Waals surface area contributed by atoms with E-state index in [-0.39, 0.29) is 5.41 Å². The highest BCUT2D eigenvalue weighted by molar-refractivity contribution is 5.53. The average molecular weight is 216 g/mol. The van der Waals surface area contributed by atoms with Crippen molar-refractivity contribution in [3.05, 3.63) is 34.9 Å². The van der Waals surface area contributed by atoms with Crippen molar-refractivity contribution >= 4 is 6.29 Å². The molecule has 1 nitrogen and oxygen atoms in total. The first kappa shape index (κ1) is 11.4. The largest absolute Gasteiger partial charge is 0.303 e. The van der Waals surface area contributed by atoms with Crippen molar-refractivity contribution in [1.82, 2.24) is 0 Å². The van der Waals surface area contributed by atoms with Gasteiger partial charge in [-0.25, -0.2) is 0 Å². The van der Waals surface area contributed by atoms with Crippen LogP contribution in [-0.4, -0.2) is 6.29 Å². The van der Waals surface area contributed by atoms with E-state index in [0.29, 0.717) is 12.3 Å². The van der Waals surface area contributed by atoms with Crippen LogP contribution in [0.15, 0.2) is 18.2 Å². The van der Waals surface area contributed by atoms with Crippen LogP contribution >= 0.6 is 0 Å². The Kier molecular flexibility index (Phi) is 2.88. The van der Waals surface area contributed by atoms with Gasteiger partial charge in [0, 0.05) is 6.42 Å². The number of hydrogen-bond donors (Lipinski definition) is 0. The lowest BCUT2D eigenvalue weighted by molar-refractivity contribution is -0.108. The van der Waals surface area contributed by atoms with Gasteiger partial charge in [0.25, 0.3) is 0 Å². The Balaban J connectivity index is 2.33. The Labute approximate surface area is 97.9 Å². The number of carbonyl (C=O) groups is 1. The minimum Gasteiger partial charge on any atom is -0.303 e.